The van der Waals surface area contributed by atoms with E-state index in [1.54, 1.807) is 12.4 Å². The number of hydrogen-bond acceptors (Lipinski definition) is 7. The Hall–Kier alpha value is -6.99. The largest absolute Gasteiger partial charge is 0.459 e. The van der Waals surface area contributed by atoms with E-state index in [2.05, 4.69) is 71.0 Å². The van der Waals surface area contributed by atoms with Gasteiger partial charge in [0.2, 0.25) is 0 Å². The van der Waals surface area contributed by atoms with Gasteiger partial charge in [0.1, 0.15) is 28.1 Å². The molecule has 1 aliphatic heterocycles. The standard InChI is InChI=1S/C44H26N4O3/c1-3-35(27-9-13-40-32(21-27)30-16-18-46-24-44(30)51-40)47-37(5-1)38-6-2-4-36(48-38)28-10-14-42-34(22-28)33-20-26(8-12-41(33)49-42)25-7-11-39-31(19-25)29-15-17-45-23-43(29)50-39/h1-23,46H,24H2. The second kappa shape index (κ2) is 10.8. The minimum absolute atomic E-state index is 0.690. The Bertz CT molecular complexity index is 3060. The quantitative estimate of drug-likeness (QED) is 0.201. The maximum absolute atomic E-state index is 6.29. The van der Waals surface area contributed by atoms with Crippen LogP contribution in [0.15, 0.2) is 147 Å². The minimum atomic E-state index is 0.690. The van der Waals surface area contributed by atoms with Crippen LogP contribution in [0, 0.1) is 0 Å². The Morgan fingerprint density at radius 1 is 0.471 bits per heavy atom. The molecule has 0 radical (unpaired) electrons. The van der Waals surface area contributed by atoms with Crippen molar-refractivity contribution in [3.8, 4) is 45.0 Å². The summed E-state index contributed by atoms with van der Waals surface area (Å²) in [7, 11) is 0. The van der Waals surface area contributed by atoms with Crippen molar-refractivity contribution < 1.29 is 13.3 Å². The van der Waals surface area contributed by atoms with E-state index < -0.39 is 0 Å². The molecule has 11 rings (SSSR count). The average molecular weight is 659 g/mol. The van der Waals surface area contributed by atoms with Crippen LogP contribution in [0.2, 0.25) is 0 Å². The molecule has 0 saturated carbocycles. The first-order valence-electron chi connectivity index (χ1n) is 16.9. The van der Waals surface area contributed by atoms with Crippen molar-refractivity contribution in [3.05, 3.63) is 145 Å². The van der Waals surface area contributed by atoms with Gasteiger partial charge in [-0.05, 0) is 114 Å². The number of rotatable bonds is 4. The van der Waals surface area contributed by atoms with E-state index in [0.717, 1.165) is 111 Å². The van der Waals surface area contributed by atoms with Crippen LogP contribution in [0.1, 0.15) is 11.3 Å². The molecule has 51 heavy (non-hydrogen) atoms. The topological polar surface area (TPSA) is 90.1 Å². The number of furan rings is 3. The van der Waals surface area contributed by atoms with E-state index in [4.69, 9.17) is 23.2 Å². The molecule has 0 saturated heterocycles. The van der Waals surface area contributed by atoms with E-state index >= 15 is 0 Å². The summed E-state index contributed by atoms with van der Waals surface area (Å²) in [6.07, 6.45) is 7.60. The van der Waals surface area contributed by atoms with Gasteiger partial charge in [0.05, 0.1) is 35.5 Å². The van der Waals surface area contributed by atoms with Gasteiger partial charge in [-0.2, -0.15) is 0 Å². The summed E-state index contributed by atoms with van der Waals surface area (Å²) >= 11 is 0. The highest BCUT2D eigenvalue weighted by Crippen LogP contribution is 2.38. The lowest BCUT2D eigenvalue weighted by Gasteiger charge is -2.08. The molecule has 7 heterocycles. The fourth-order valence-electron chi connectivity index (χ4n) is 7.34. The fraction of sp³-hybridized carbons (Fsp3) is 0.0227. The molecule has 240 valence electrons. The normalized spacial score (nSPS) is 12.7. The molecule has 1 N–H and O–H groups in total. The lowest BCUT2D eigenvalue weighted by Crippen LogP contribution is -2.07. The van der Waals surface area contributed by atoms with E-state index in [1.807, 2.05) is 66.9 Å². The van der Waals surface area contributed by atoms with Crippen LogP contribution in [-0.2, 0) is 6.54 Å². The van der Waals surface area contributed by atoms with Gasteiger partial charge in [0, 0.05) is 49.8 Å². The number of fused-ring (bicyclic) bond motifs is 9. The average Bonchev–Trinajstić information content (AvgIpc) is 3.88. The molecule has 0 unspecified atom stereocenters. The van der Waals surface area contributed by atoms with Gasteiger partial charge >= 0.3 is 0 Å². The molecular weight excluding hydrogens is 633 g/mol. The summed E-state index contributed by atoms with van der Waals surface area (Å²) in [6, 6.07) is 39.4. The van der Waals surface area contributed by atoms with E-state index in [0.29, 0.717) is 6.54 Å². The summed E-state index contributed by atoms with van der Waals surface area (Å²) in [6.45, 7) is 0.690. The zero-order valence-corrected chi connectivity index (χ0v) is 27.1. The second-order valence-electron chi connectivity index (χ2n) is 12.9. The number of nitrogens with one attached hydrogen (secondary N) is 1. The first-order chi connectivity index (χ1) is 25.2. The molecule has 7 nitrogen and oxygen atoms in total. The molecule has 7 heteroatoms. The fourth-order valence-corrected chi connectivity index (χ4v) is 7.34. The van der Waals surface area contributed by atoms with Gasteiger partial charge in [-0.25, -0.2) is 9.97 Å². The summed E-state index contributed by atoms with van der Waals surface area (Å²) in [4.78, 5) is 14.4. The lowest BCUT2D eigenvalue weighted by molar-refractivity contribution is 0.532. The Labute approximate surface area is 290 Å². The highest BCUT2D eigenvalue weighted by molar-refractivity contribution is 6.09. The van der Waals surface area contributed by atoms with Gasteiger partial charge in [0.15, 0.2) is 5.58 Å². The summed E-state index contributed by atoms with van der Waals surface area (Å²) in [5, 5.41) is 8.54. The first kappa shape index (κ1) is 27.9. The lowest BCUT2D eigenvalue weighted by atomic mass is 10.00. The van der Waals surface area contributed by atoms with Crippen LogP contribution in [0.25, 0.3) is 106 Å². The highest BCUT2D eigenvalue weighted by atomic mass is 16.3. The van der Waals surface area contributed by atoms with Crippen molar-refractivity contribution >= 4 is 60.9 Å². The van der Waals surface area contributed by atoms with Crippen molar-refractivity contribution in [3.63, 3.8) is 0 Å². The zero-order valence-electron chi connectivity index (χ0n) is 27.1. The predicted molar refractivity (Wildman–Crippen MR) is 202 cm³/mol. The van der Waals surface area contributed by atoms with E-state index in [9.17, 15) is 0 Å². The summed E-state index contributed by atoms with van der Waals surface area (Å²) < 4.78 is 18.4. The van der Waals surface area contributed by atoms with Crippen LogP contribution in [0.3, 0.4) is 0 Å². The van der Waals surface area contributed by atoms with Gasteiger partial charge in [-0.15, -0.1) is 0 Å². The number of pyridine rings is 3. The van der Waals surface area contributed by atoms with Crippen LogP contribution in [-0.4, -0.2) is 15.0 Å². The highest BCUT2D eigenvalue weighted by Gasteiger charge is 2.17. The number of aromatic nitrogens is 3. The maximum Gasteiger partial charge on any atom is 0.153 e. The Morgan fingerprint density at radius 3 is 1.67 bits per heavy atom. The van der Waals surface area contributed by atoms with Gasteiger partial charge in [-0.3, -0.25) is 4.98 Å². The summed E-state index contributed by atoms with van der Waals surface area (Å²) in [5.74, 6) is 0.952. The van der Waals surface area contributed by atoms with Gasteiger partial charge in [-0.1, -0.05) is 24.3 Å². The third kappa shape index (κ3) is 4.48. The van der Waals surface area contributed by atoms with Crippen LogP contribution >= 0.6 is 0 Å². The molecule has 0 aliphatic carbocycles. The molecular formula is C44H26N4O3. The monoisotopic (exact) mass is 658 g/mol. The van der Waals surface area contributed by atoms with Crippen molar-refractivity contribution in [1.29, 1.82) is 0 Å². The molecule has 0 bridgehead atoms. The van der Waals surface area contributed by atoms with Crippen LogP contribution < -0.4 is 5.32 Å². The van der Waals surface area contributed by atoms with Crippen LogP contribution in [0.4, 0.5) is 0 Å². The van der Waals surface area contributed by atoms with Crippen molar-refractivity contribution in [2.75, 3.05) is 0 Å². The predicted octanol–water partition coefficient (Wildman–Crippen LogP) is 11.2. The molecule has 1 aliphatic rings. The number of hydrogen-bond donors (Lipinski definition) is 1. The van der Waals surface area contributed by atoms with Crippen molar-refractivity contribution in [1.82, 2.24) is 20.3 Å². The number of benzene rings is 4. The summed E-state index contributed by atoms with van der Waals surface area (Å²) in [5.41, 5.74) is 12.9. The first-order valence-corrected chi connectivity index (χ1v) is 16.9. The van der Waals surface area contributed by atoms with E-state index in [-0.39, 0.29) is 0 Å². The second-order valence-corrected chi connectivity index (χ2v) is 12.9. The smallest absolute Gasteiger partial charge is 0.153 e. The molecule has 0 fully saturated rings. The molecule has 0 spiro atoms. The molecule has 0 amide bonds. The van der Waals surface area contributed by atoms with Crippen molar-refractivity contribution in [2.24, 2.45) is 0 Å². The van der Waals surface area contributed by atoms with E-state index in [1.165, 1.54) is 0 Å². The molecule has 0 atom stereocenters. The van der Waals surface area contributed by atoms with Crippen LogP contribution in [0.5, 0.6) is 0 Å². The molecule has 4 aromatic carbocycles. The molecule has 6 aromatic heterocycles. The van der Waals surface area contributed by atoms with Gasteiger partial charge in [0.25, 0.3) is 0 Å². The van der Waals surface area contributed by atoms with Crippen molar-refractivity contribution in [2.45, 2.75) is 6.54 Å². The zero-order chi connectivity index (χ0) is 33.5. The van der Waals surface area contributed by atoms with Gasteiger partial charge < -0.3 is 18.6 Å². The Morgan fingerprint density at radius 2 is 1.00 bits per heavy atom. The SMILES string of the molecule is C1=Cc2c(oc3ccc(-c4cccc(-c5cccc(-c6ccc7oc8ccc(-c9ccc%10oc%11cnccc%11c%10c9)cc8c7c6)n5)n4)cc23)CN1. The maximum atomic E-state index is 6.29. The Balaban J connectivity index is 0.955. The molecule has 10 aromatic rings. The minimum Gasteiger partial charge on any atom is -0.459 e. The number of nitrogens with zero attached hydrogens (tertiary/aromatic N) is 3. The third-order valence-corrected chi connectivity index (χ3v) is 9.86. The Kier molecular flexibility index (Phi) is 5.89. The third-order valence-electron chi connectivity index (χ3n) is 9.86.